The van der Waals surface area contributed by atoms with Crippen molar-refractivity contribution in [3.8, 4) is 0 Å². The Kier molecular flexibility index (Phi) is 10.4. The maximum absolute atomic E-state index is 12.4. The van der Waals surface area contributed by atoms with Gasteiger partial charge in [-0.2, -0.15) is 13.2 Å². The molecule has 0 aliphatic carbocycles. The molecule has 184 valence electrons. The lowest BCUT2D eigenvalue weighted by atomic mass is 10.2. The van der Waals surface area contributed by atoms with Crippen LogP contribution in [0.25, 0.3) is 0 Å². The van der Waals surface area contributed by atoms with Crippen LogP contribution < -0.4 is 9.62 Å². The number of nitrogens with zero attached hydrogens (tertiary/aromatic N) is 2. The van der Waals surface area contributed by atoms with Crippen LogP contribution in [0.15, 0.2) is 28.6 Å². The Hall–Kier alpha value is -2.58. The fraction of sp³-hybridized carbons (Fsp3) is 0.389. The summed E-state index contributed by atoms with van der Waals surface area (Å²) in [7, 11) is -3.85. The summed E-state index contributed by atoms with van der Waals surface area (Å²) in [5, 5.41) is 16.6. The minimum Gasteiger partial charge on any atom is -0.478 e. The van der Waals surface area contributed by atoms with E-state index in [4.69, 9.17) is 21.5 Å². The van der Waals surface area contributed by atoms with Gasteiger partial charge >= 0.3 is 18.1 Å². The van der Waals surface area contributed by atoms with E-state index >= 15 is 0 Å². The Morgan fingerprint density at radius 1 is 1.24 bits per heavy atom. The second-order valence-electron chi connectivity index (χ2n) is 6.30. The summed E-state index contributed by atoms with van der Waals surface area (Å²) in [6.45, 7) is 5.25. The van der Waals surface area contributed by atoms with Crippen LogP contribution >= 0.6 is 22.9 Å². The highest BCUT2D eigenvalue weighted by molar-refractivity contribution is 7.94. The molecule has 2 aromatic rings. The van der Waals surface area contributed by atoms with Crippen LogP contribution in [-0.2, 0) is 14.8 Å². The Morgan fingerprint density at radius 3 is 2.27 bits per heavy atom. The van der Waals surface area contributed by atoms with Gasteiger partial charge in [-0.3, -0.25) is 4.72 Å². The van der Waals surface area contributed by atoms with Gasteiger partial charge in [0.1, 0.15) is 15.6 Å². The smallest absolute Gasteiger partial charge is 0.478 e. The molecule has 0 radical (unpaired) electrons. The summed E-state index contributed by atoms with van der Waals surface area (Å²) in [6.07, 6.45) is -1.88. The maximum Gasteiger partial charge on any atom is 0.490 e. The molecule has 15 heteroatoms. The van der Waals surface area contributed by atoms with Crippen LogP contribution in [0, 0.1) is 0 Å². The molecule has 0 aromatic carbocycles. The number of sulfonamides is 1. The maximum atomic E-state index is 12.4. The first-order valence-corrected chi connectivity index (χ1v) is 12.0. The van der Waals surface area contributed by atoms with Gasteiger partial charge in [0, 0.05) is 13.1 Å². The normalized spacial score (nSPS) is 11.3. The first-order chi connectivity index (χ1) is 15.2. The molecular weight excluding hydrogens is 511 g/mol. The van der Waals surface area contributed by atoms with Gasteiger partial charge in [0.15, 0.2) is 0 Å². The number of anilines is 2. The van der Waals surface area contributed by atoms with E-state index < -0.39 is 28.1 Å². The van der Waals surface area contributed by atoms with E-state index in [1.807, 2.05) is 18.7 Å². The van der Waals surface area contributed by atoms with E-state index in [9.17, 15) is 31.5 Å². The van der Waals surface area contributed by atoms with Gasteiger partial charge in [0.2, 0.25) is 0 Å². The number of nitrogens with one attached hydrogen (secondary N) is 1. The van der Waals surface area contributed by atoms with E-state index in [1.165, 1.54) is 24.4 Å². The summed E-state index contributed by atoms with van der Waals surface area (Å²) in [6, 6.07) is 4.16. The number of hydrogen-bond donors (Lipinski definition) is 3. The number of alkyl halides is 3. The Balaban J connectivity index is 0.000000675. The monoisotopic (exact) mass is 531 g/mol. The molecule has 0 unspecified atom stereocenters. The number of rotatable bonds is 9. The molecule has 0 aliphatic rings. The summed E-state index contributed by atoms with van der Waals surface area (Å²) >= 11 is 6.70. The molecule has 0 bridgehead atoms. The highest BCUT2D eigenvalue weighted by Crippen LogP contribution is 2.28. The molecule has 3 N–H and O–H groups in total. The fourth-order valence-corrected chi connectivity index (χ4v) is 4.85. The molecular formula is C18H21ClF3N3O6S2. The van der Waals surface area contributed by atoms with Gasteiger partial charge in [-0.1, -0.05) is 24.9 Å². The second-order valence-corrected chi connectivity index (χ2v) is 9.92. The van der Waals surface area contributed by atoms with Crippen molar-refractivity contribution in [2.24, 2.45) is 0 Å². The zero-order valence-electron chi connectivity index (χ0n) is 17.4. The Labute approximate surface area is 196 Å². The van der Waals surface area contributed by atoms with Crippen molar-refractivity contribution in [3.63, 3.8) is 0 Å². The van der Waals surface area contributed by atoms with E-state index in [0.717, 1.165) is 24.2 Å². The van der Waals surface area contributed by atoms with Crippen LogP contribution in [0.2, 0.25) is 4.34 Å². The van der Waals surface area contributed by atoms with Crippen molar-refractivity contribution in [1.82, 2.24) is 4.98 Å². The third-order valence-corrected chi connectivity index (χ3v) is 6.97. The Morgan fingerprint density at radius 2 is 1.85 bits per heavy atom. The number of pyridine rings is 1. The minimum atomic E-state index is -5.08. The molecule has 2 aromatic heterocycles. The predicted octanol–water partition coefficient (Wildman–Crippen LogP) is 4.56. The van der Waals surface area contributed by atoms with Crippen molar-refractivity contribution >= 4 is 56.4 Å². The molecule has 2 heterocycles. The zero-order chi connectivity index (χ0) is 25.4. The summed E-state index contributed by atoms with van der Waals surface area (Å²) in [4.78, 5) is 26.6. The van der Waals surface area contributed by atoms with Crippen molar-refractivity contribution < 1.29 is 41.4 Å². The standard InChI is InChI=1S/C16H20ClN3O4S2.C2HF3O2/c1-3-5-8-20(4-2)15-12(16(21)22)9-11(10-18-15)19-26(23,24)14-7-6-13(17)25-14;3-2(4,5)1(6)7/h6-7,9-10,19H,3-5,8H2,1-2H3,(H,21,22);(H,6,7). The number of aromatic nitrogens is 1. The average molecular weight is 532 g/mol. The highest BCUT2D eigenvalue weighted by atomic mass is 35.5. The van der Waals surface area contributed by atoms with Crippen molar-refractivity contribution in [2.75, 3.05) is 22.7 Å². The van der Waals surface area contributed by atoms with Crippen LogP contribution in [-0.4, -0.2) is 54.8 Å². The molecule has 33 heavy (non-hydrogen) atoms. The zero-order valence-corrected chi connectivity index (χ0v) is 19.8. The van der Waals surface area contributed by atoms with Gasteiger partial charge in [-0.25, -0.2) is 23.0 Å². The number of hydrogen-bond acceptors (Lipinski definition) is 7. The van der Waals surface area contributed by atoms with Crippen LogP contribution in [0.3, 0.4) is 0 Å². The largest absolute Gasteiger partial charge is 0.490 e. The van der Waals surface area contributed by atoms with E-state index in [2.05, 4.69) is 9.71 Å². The third kappa shape index (κ3) is 8.70. The topological polar surface area (TPSA) is 137 Å². The minimum absolute atomic E-state index is 0.0431. The van der Waals surface area contributed by atoms with Crippen LogP contribution in [0.5, 0.6) is 0 Å². The van der Waals surface area contributed by atoms with Crippen molar-refractivity contribution in [3.05, 3.63) is 34.3 Å². The summed E-state index contributed by atoms with van der Waals surface area (Å²) < 4.78 is 59.2. The van der Waals surface area contributed by atoms with E-state index in [1.54, 1.807) is 0 Å². The predicted molar refractivity (Wildman–Crippen MR) is 118 cm³/mol. The lowest BCUT2D eigenvalue weighted by molar-refractivity contribution is -0.192. The number of carbonyl (C=O) groups is 2. The number of carboxylic acid groups (broad SMARTS) is 2. The van der Waals surface area contributed by atoms with E-state index in [-0.39, 0.29) is 15.5 Å². The third-order valence-electron chi connectivity index (χ3n) is 3.87. The number of halogens is 4. The lowest BCUT2D eigenvalue weighted by Crippen LogP contribution is -2.27. The number of aromatic carboxylic acids is 1. The number of carboxylic acids is 2. The SMILES string of the molecule is CCCCN(CC)c1ncc(NS(=O)(=O)c2ccc(Cl)s2)cc1C(=O)O.O=C(O)C(F)(F)F. The number of unbranched alkanes of at least 4 members (excludes halogenated alkanes) is 1. The molecule has 0 aliphatic heterocycles. The quantitative estimate of drug-likeness (QED) is 0.428. The van der Waals surface area contributed by atoms with Gasteiger partial charge in [0.25, 0.3) is 10.0 Å². The molecule has 0 spiro atoms. The van der Waals surface area contributed by atoms with Gasteiger partial charge in [-0.05, 0) is 31.5 Å². The van der Waals surface area contributed by atoms with Crippen molar-refractivity contribution in [2.45, 2.75) is 37.1 Å². The number of thiophene rings is 1. The molecule has 9 nitrogen and oxygen atoms in total. The molecule has 0 saturated heterocycles. The first-order valence-electron chi connectivity index (χ1n) is 9.29. The molecule has 2 rings (SSSR count). The molecule has 0 saturated carbocycles. The molecule has 0 atom stereocenters. The number of aliphatic carboxylic acids is 1. The van der Waals surface area contributed by atoms with Gasteiger partial charge < -0.3 is 15.1 Å². The fourth-order valence-electron chi connectivity index (χ4n) is 2.33. The second kappa shape index (κ2) is 12.0. The summed E-state index contributed by atoms with van der Waals surface area (Å²) in [5.41, 5.74) is 0.0367. The van der Waals surface area contributed by atoms with E-state index in [0.29, 0.717) is 23.2 Å². The van der Waals surface area contributed by atoms with Gasteiger partial charge in [-0.15, -0.1) is 11.3 Å². The van der Waals surface area contributed by atoms with Gasteiger partial charge in [0.05, 0.1) is 16.2 Å². The summed E-state index contributed by atoms with van der Waals surface area (Å²) in [5.74, 6) is -3.59. The first kappa shape index (κ1) is 28.5. The van der Waals surface area contributed by atoms with Crippen LogP contribution in [0.1, 0.15) is 37.0 Å². The molecule has 0 amide bonds. The Bertz CT molecular complexity index is 1080. The molecule has 0 fully saturated rings. The highest BCUT2D eigenvalue weighted by Gasteiger charge is 2.38. The lowest BCUT2D eigenvalue weighted by Gasteiger charge is -2.23. The van der Waals surface area contributed by atoms with Crippen molar-refractivity contribution in [1.29, 1.82) is 0 Å². The van der Waals surface area contributed by atoms with Crippen LogP contribution in [0.4, 0.5) is 24.7 Å². The average Bonchev–Trinajstić information content (AvgIpc) is 3.16.